The van der Waals surface area contributed by atoms with Crippen molar-refractivity contribution < 1.29 is 4.74 Å². The van der Waals surface area contributed by atoms with Crippen molar-refractivity contribution in [1.82, 2.24) is 0 Å². The fourth-order valence-electron chi connectivity index (χ4n) is 2.19. The molecule has 1 atom stereocenters. The number of halogens is 1. The quantitative estimate of drug-likeness (QED) is 0.788. The molecule has 0 aliphatic rings. The van der Waals surface area contributed by atoms with E-state index < -0.39 is 0 Å². The van der Waals surface area contributed by atoms with Crippen LogP contribution in [0.5, 0.6) is 5.75 Å². The second-order valence-corrected chi connectivity index (χ2v) is 5.64. The van der Waals surface area contributed by atoms with E-state index in [-0.39, 0.29) is 5.92 Å². The molecule has 22 heavy (non-hydrogen) atoms. The van der Waals surface area contributed by atoms with Gasteiger partial charge in [-0.05, 0) is 23.8 Å². The van der Waals surface area contributed by atoms with E-state index in [9.17, 15) is 5.26 Å². The van der Waals surface area contributed by atoms with Gasteiger partial charge in [0.25, 0.3) is 0 Å². The maximum Gasteiger partial charge on any atom is 0.121 e. The first kappa shape index (κ1) is 16.2. The zero-order valence-electron chi connectivity index (χ0n) is 12.8. The summed E-state index contributed by atoms with van der Waals surface area (Å²) in [7, 11) is 3.98. The van der Waals surface area contributed by atoms with Crippen molar-refractivity contribution in [2.24, 2.45) is 0 Å². The summed E-state index contributed by atoms with van der Waals surface area (Å²) < 4.78 is 5.77. The first-order valence-electron chi connectivity index (χ1n) is 7.16. The topological polar surface area (TPSA) is 36.3 Å². The molecule has 0 heterocycles. The number of nitrogens with zero attached hydrogens (tertiary/aromatic N) is 2. The maximum absolute atomic E-state index is 9.35. The van der Waals surface area contributed by atoms with Gasteiger partial charge in [0.1, 0.15) is 5.75 Å². The van der Waals surface area contributed by atoms with E-state index in [4.69, 9.17) is 16.3 Å². The Morgan fingerprint density at radius 3 is 2.64 bits per heavy atom. The van der Waals surface area contributed by atoms with Gasteiger partial charge in [-0.25, -0.2) is 0 Å². The molecule has 0 aromatic heterocycles. The fraction of sp³-hybridized carbons (Fsp3) is 0.278. The lowest BCUT2D eigenvalue weighted by molar-refractivity contribution is 0.306. The van der Waals surface area contributed by atoms with E-state index >= 15 is 0 Å². The van der Waals surface area contributed by atoms with Gasteiger partial charge in [-0.2, -0.15) is 5.26 Å². The lowest BCUT2D eigenvalue weighted by atomic mass is 9.98. The number of nitriles is 1. The van der Waals surface area contributed by atoms with Crippen molar-refractivity contribution in [2.75, 3.05) is 25.6 Å². The molecule has 2 aromatic rings. The third-order valence-corrected chi connectivity index (χ3v) is 3.79. The third-order valence-electron chi connectivity index (χ3n) is 3.45. The molecule has 4 heteroatoms. The zero-order valence-corrected chi connectivity index (χ0v) is 13.5. The molecule has 0 aliphatic heterocycles. The summed E-state index contributed by atoms with van der Waals surface area (Å²) in [6, 6.07) is 17.6. The second-order valence-electron chi connectivity index (χ2n) is 5.23. The number of rotatable bonds is 6. The minimum Gasteiger partial charge on any atom is -0.493 e. The molecule has 0 N–H and O–H groups in total. The van der Waals surface area contributed by atoms with Crippen LogP contribution in [-0.2, 0) is 0 Å². The zero-order chi connectivity index (χ0) is 15.9. The van der Waals surface area contributed by atoms with Gasteiger partial charge >= 0.3 is 0 Å². The van der Waals surface area contributed by atoms with Crippen LogP contribution in [0.1, 0.15) is 17.9 Å². The Morgan fingerprint density at radius 2 is 1.95 bits per heavy atom. The molecule has 0 bridgehead atoms. The van der Waals surface area contributed by atoms with Crippen molar-refractivity contribution in [3.63, 3.8) is 0 Å². The van der Waals surface area contributed by atoms with Crippen molar-refractivity contribution in [2.45, 2.75) is 12.3 Å². The highest BCUT2D eigenvalue weighted by molar-refractivity contribution is 6.31. The molecular weight excluding hydrogens is 296 g/mol. The summed E-state index contributed by atoms with van der Waals surface area (Å²) in [6.45, 7) is 0.473. The number of hydrogen-bond acceptors (Lipinski definition) is 3. The van der Waals surface area contributed by atoms with Gasteiger partial charge in [-0.15, -0.1) is 0 Å². The van der Waals surface area contributed by atoms with Gasteiger partial charge in [-0.1, -0.05) is 35.9 Å². The second kappa shape index (κ2) is 7.72. The Hall–Kier alpha value is -2.18. The summed E-state index contributed by atoms with van der Waals surface area (Å²) in [5.74, 6) is 0.549. The van der Waals surface area contributed by atoms with Crippen LogP contribution in [0.2, 0.25) is 5.02 Å². The largest absolute Gasteiger partial charge is 0.493 e. The molecule has 0 spiro atoms. The molecule has 0 saturated carbocycles. The van der Waals surface area contributed by atoms with E-state index in [1.54, 1.807) is 0 Å². The standard InChI is InChI=1S/C18H19ClN2O/c1-21(2)15-6-5-7-16(12-15)22-11-10-14(13-20)17-8-3-4-9-18(17)19/h3-9,12,14H,10-11H2,1-2H3. The highest BCUT2D eigenvalue weighted by atomic mass is 35.5. The average Bonchev–Trinajstić information content (AvgIpc) is 2.53. The lowest BCUT2D eigenvalue weighted by Gasteiger charge is -2.15. The van der Waals surface area contributed by atoms with Crippen LogP contribution in [0.15, 0.2) is 48.5 Å². The Kier molecular flexibility index (Phi) is 5.68. The number of anilines is 1. The van der Waals surface area contributed by atoms with E-state index in [1.165, 1.54) is 0 Å². The number of benzene rings is 2. The molecule has 2 aromatic carbocycles. The van der Waals surface area contributed by atoms with Crippen LogP contribution in [-0.4, -0.2) is 20.7 Å². The molecule has 114 valence electrons. The molecule has 2 rings (SSSR count). The highest BCUT2D eigenvalue weighted by Gasteiger charge is 2.13. The summed E-state index contributed by atoms with van der Waals surface area (Å²) in [6.07, 6.45) is 0.604. The summed E-state index contributed by atoms with van der Waals surface area (Å²) in [5, 5.41) is 9.98. The molecule has 0 aliphatic carbocycles. The Bertz CT molecular complexity index is 664. The van der Waals surface area contributed by atoms with Gasteiger partial charge in [0.15, 0.2) is 0 Å². The summed E-state index contributed by atoms with van der Waals surface area (Å²) in [5.41, 5.74) is 1.94. The van der Waals surface area contributed by atoms with Crippen LogP contribution >= 0.6 is 11.6 Å². The number of hydrogen-bond donors (Lipinski definition) is 0. The monoisotopic (exact) mass is 314 g/mol. The highest BCUT2D eigenvalue weighted by Crippen LogP contribution is 2.27. The van der Waals surface area contributed by atoms with E-state index in [1.807, 2.05) is 67.5 Å². The predicted molar refractivity (Wildman–Crippen MR) is 90.7 cm³/mol. The van der Waals surface area contributed by atoms with Gasteiger partial charge < -0.3 is 9.64 Å². The molecule has 3 nitrogen and oxygen atoms in total. The van der Waals surface area contributed by atoms with E-state index in [0.717, 1.165) is 17.0 Å². The average molecular weight is 315 g/mol. The summed E-state index contributed by atoms with van der Waals surface area (Å²) in [4.78, 5) is 2.02. The fourth-order valence-corrected chi connectivity index (χ4v) is 2.46. The first-order chi connectivity index (χ1) is 10.6. The minimum atomic E-state index is -0.259. The SMILES string of the molecule is CN(C)c1cccc(OCCC(C#N)c2ccccc2Cl)c1. The van der Waals surface area contributed by atoms with E-state index in [0.29, 0.717) is 18.1 Å². The van der Waals surface area contributed by atoms with Crippen LogP contribution in [0.4, 0.5) is 5.69 Å². The van der Waals surface area contributed by atoms with Gasteiger partial charge in [0, 0.05) is 37.3 Å². The van der Waals surface area contributed by atoms with Crippen LogP contribution in [0.25, 0.3) is 0 Å². The molecule has 0 fully saturated rings. The lowest BCUT2D eigenvalue weighted by Crippen LogP contribution is -2.09. The Labute approximate surface area is 136 Å². The molecular formula is C18H19ClN2O. The third kappa shape index (κ3) is 4.16. The maximum atomic E-state index is 9.35. The minimum absolute atomic E-state index is 0.259. The molecule has 0 radical (unpaired) electrons. The summed E-state index contributed by atoms with van der Waals surface area (Å²) >= 11 is 6.15. The van der Waals surface area contributed by atoms with Crippen LogP contribution < -0.4 is 9.64 Å². The van der Waals surface area contributed by atoms with Crippen molar-refractivity contribution in [3.05, 3.63) is 59.1 Å². The van der Waals surface area contributed by atoms with Crippen LogP contribution in [0.3, 0.4) is 0 Å². The first-order valence-corrected chi connectivity index (χ1v) is 7.54. The normalized spacial score (nSPS) is 11.5. The smallest absolute Gasteiger partial charge is 0.121 e. The number of ether oxygens (including phenoxy) is 1. The van der Waals surface area contributed by atoms with Crippen molar-refractivity contribution in [1.29, 1.82) is 5.26 Å². The Balaban J connectivity index is 1.97. The van der Waals surface area contributed by atoms with Gasteiger partial charge in [-0.3, -0.25) is 0 Å². The van der Waals surface area contributed by atoms with Crippen LogP contribution in [0, 0.1) is 11.3 Å². The van der Waals surface area contributed by atoms with Crippen molar-refractivity contribution in [3.8, 4) is 11.8 Å². The van der Waals surface area contributed by atoms with Crippen molar-refractivity contribution >= 4 is 17.3 Å². The molecule has 0 saturated heterocycles. The molecule has 1 unspecified atom stereocenters. The Morgan fingerprint density at radius 1 is 1.18 bits per heavy atom. The van der Waals surface area contributed by atoms with E-state index in [2.05, 4.69) is 6.07 Å². The van der Waals surface area contributed by atoms with Gasteiger partial charge in [0.05, 0.1) is 18.6 Å². The predicted octanol–water partition coefficient (Wildman–Crippen LogP) is 4.48. The van der Waals surface area contributed by atoms with Gasteiger partial charge in [0.2, 0.25) is 0 Å². The molecule has 0 amide bonds.